The molecule has 132 valence electrons. The van der Waals surface area contributed by atoms with Crippen molar-refractivity contribution in [2.24, 2.45) is 5.41 Å². The smallest absolute Gasteiger partial charge is 0.0718 e. The van der Waals surface area contributed by atoms with Gasteiger partial charge in [-0.3, -0.25) is 0 Å². The number of unbranched alkanes of at least 4 members (excludes halogenated alkanes) is 2. The Morgan fingerprint density at radius 2 is 1.67 bits per heavy atom. The molecule has 1 saturated carbocycles. The first kappa shape index (κ1) is 19.0. The van der Waals surface area contributed by atoms with Crippen LogP contribution < -0.4 is 0 Å². The number of aryl methyl sites for hydroxylation is 1. The molecule has 0 spiro atoms. The standard InChI is InChI=1S/C23H35N/c1-3-5-10-20-11-13-21(14-12-20)22(19-24)18-23(15-6-4-2)16-8-7-9-17-23/h11-14,22H,3-10,15-18H2,1-2H3. The van der Waals surface area contributed by atoms with Crippen LogP contribution in [0.3, 0.4) is 0 Å². The highest BCUT2D eigenvalue weighted by Crippen LogP contribution is 2.47. The summed E-state index contributed by atoms with van der Waals surface area (Å²) in [5, 5.41) is 9.81. The van der Waals surface area contributed by atoms with Crippen molar-refractivity contribution in [3.05, 3.63) is 35.4 Å². The van der Waals surface area contributed by atoms with E-state index in [0.29, 0.717) is 5.41 Å². The Kier molecular flexibility index (Phi) is 7.83. The number of nitriles is 1. The average Bonchev–Trinajstić information content (AvgIpc) is 2.64. The van der Waals surface area contributed by atoms with Gasteiger partial charge in [0.15, 0.2) is 0 Å². The topological polar surface area (TPSA) is 23.8 Å². The van der Waals surface area contributed by atoms with Crippen molar-refractivity contribution in [2.75, 3.05) is 0 Å². The SMILES string of the molecule is CCCCc1ccc(C(C#N)CC2(CCCC)CCCCC2)cc1. The minimum atomic E-state index is 0.0696. The number of benzene rings is 1. The maximum absolute atomic E-state index is 9.81. The minimum absolute atomic E-state index is 0.0696. The van der Waals surface area contributed by atoms with Gasteiger partial charge in [0.1, 0.15) is 0 Å². The highest BCUT2D eigenvalue weighted by Gasteiger charge is 2.34. The lowest BCUT2D eigenvalue weighted by atomic mass is 9.66. The molecular formula is C23H35N. The molecule has 1 nitrogen and oxygen atoms in total. The van der Waals surface area contributed by atoms with E-state index in [1.807, 2.05) is 0 Å². The lowest BCUT2D eigenvalue weighted by Gasteiger charge is -2.39. The highest BCUT2D eigenvalue weighted by molar-refractivity contribution is 5.29. The molecule has 1 heteroatoms. The quantitative estimate of drug-likeness (QED) is 0.472. The van der Waals surface area contributed by atoms with E-state index in [0.717, 1.165) is 12.8 Å². The molecule has 24 heavy (non-hydrogen) atoms. The third-order valence-electron chi connectivity index (χ3n) is 5.97. The van der Waals surface area contributed by atoms with E-state index in [4.69, 9.17) is 0 Å². The second-order valence-corrected chi connectivity index (χ2v) is 7.90. The third kappa shape index (κ3) is 5.37. The molecule has 0 N–H and O–H groups in total. The predicted octanol–water partition coefficient (Wildman–Crippen LogP) is 7.17. The van der Waals surface area contributed by atoms with Crippen LogP contribution in [0.1, 0.15) is 102 Å². The summed E-state index contributed by atoms with van der Waals surface area (Å²) in [6.45, 7) is 4.52. The van der Waals surface area contributed by atoms with Crippen LogP contribution in [0.15, 0.2) is 24.3 Å². The van der Waals surface area contributed by atoms with Gasteiger partial charge in [-0.25, -0.2) is 0 Å². The van der Waals surface area contributed by atoms with Gasteiger partial charge < -0.3 is 0 Å². The van der Waals surface area contributed by atoms with Crippen LogP contribution in [0.5, 0.6) is 0 Å². The Morgan fingerprint density at radius 3 is 2.25 bits per heavy atom. The molecular weight excluding hydrogens is 290 g/mol. The van der Waals surface area contributed by atoms with Crippen LogP contribution in [-0.2, 0) is 6.42 Å². The molecule has 1 aliphatic rings. The normalized spacial score (nSPS) is 18.0. The van der Waals surface area contributed by atoms with E-state index in [1.54, 1.807) is 0 Å². The molecule has 0 aromatic heterocycles. The number of rotatable bonds is 9. The van der Waals surface area contributed by atoms with Crippen molar-refractivity contribution in [3.63, 3.8) is 0 Å². The van der Waals surface area contributed by atoms with E-state index in [-0.39, 0.29) is 5.92 Å². The maximum Gasteiger partial charge on any atom is 0.0718 e. The van der Waals surface area contributed by atoms with Crippen LogP contribution in [0.25, 0.3) is 0 Å². The number of nitrogens with zero attached hydrogens (tertiary/aromatic N) is 1. The Hall–Kier alpha value is -1.29. The Bertz CT molecular complexity index is 502. The van der Waals surface area contributed by atoms with Crippen molar-refractivity contribution in [3.8, 4) is 6.07 Å². The van der Waals surface area contributed by atoms with Gasteiger partial charge in [-0.1, -0.05) is 76.6 Å². The van der Waals surface area contributed by atoms with Gasteiger partial charge in [0.05, 0.1) is 12.0 Å². The fourth-order valence-electron chi connectivity index (χ4n) is 4.38. The lowest BCUT2D eigenvalue weighted by Crippen LogP contribution is -2.26. The predicted molar refractivity (Wildman–Crippen MR) is 103 cm³/mol. The minimum Gasteiger partial charge on any atom is -0.198 e. The largest absolute Gasteiger partial charge is 0.198 e. The Balaban J connectivity index is 2.07. The zero-order chi connectivity index (χ0) is 17.3. The first-order valence-electron chi connectivity index (χ1n) is 10.2. The second kappa shape index (κ2) is 9.87. The van der Waals surface area contributed by atoms with Crippen LogP contribution in [0.2, 0.25) is 0 Å². The fraction of sp³-hybridized carbons (Fsp3) is 0.696. The van der Waals surface area contributed by atoms with Gasteiger partial charge in [0.25, 0.3) is 0 Å². The van der Waals surface area contributed by atoms with Crippen molar-refractivity contribution in [1.82, 2.24) is 0 Å². The lowest BCUT2D eigenvalue weighted by molar-refractivity contribution is 0.148. The maximum atomic E-state index is 9.81. The molecule has 0 aliphatic heterocycles. The highest BCUT2D eigenvalue weighted by atomic mass is 14.4. The molecule has 0 saturated heterocycles. The van der Waals surface area contributed by atoms with E-state index in [1.165, 1.54) is 75.3 Å². The zero-order valence-electron chi connectivity index (χ0n) is 15.8. The summed E-state index contributed by atoms with van der Waals surface area (Å²) in [6.07, 6.45) is 15.4. The molecule has 1 unspecified atom stereocenters. The first-order chi connectivity index (χ1) is 11.7. The number of hydrogen-bond donors (Lipinski definition) is 0. The molecule has 1 aliphatic carbocycles. The summed E-state index contributed by atoms with van der Waals surface area (Å²) in [7, 11) is 0. The van der Waals surface area contributed by atoms with Gasteiger partial charge in [-0.05, 0) is 55.1 Å². The average molecular weight is 326 g/mol. The van der Waals surface area contributed by atoms with Crippen molar-refractivity contribution in [1.29, 1.82) is 5.26 Å². The van der Waals surface area contributed by atoms with Gasteiger partial charge >= 0.3 is 0 Å². The van der Waals surface area contributed by atoms with E-state index < -0.39 is 0 Å². The van der Waals surface area contributed by atoms with E-state index >= 15 is 0 Å². The van der Waals surface area contributed by atoms with Crippen LogP contribution in [-0.4, -0.2) is 0 Å². The molecule has 0 amide bonds. The summed E-state index contributed by atoms with van der Waals surface area (Å²) < 4.78 is 0. The van der Waals surface area contributed by atoms with Crippen molar-refractivity contribution < 1.29 is 0 Å². The van der Waals surface area contributed by atoms with Gasteiger partial charge in [0.2, 0.25) is 0 Å². The summed E-state index contributed by atoms with van der Waals surface area (Å²) in [6, 6.07) is 11.6. The molecule has 0 radical (unpaired) electrons. The molecule has 1 fully saturated rings. The van der Waals surface area contributed by atoms with Crippen LogP contribution in [0.4, 0.5) is 0 Å². The summed E-state index contributed by atoms with van der Waals surface area (Å²) in [4.78, 5) is 0. The van der Waals surface area contributed by atoms with Crippen molar-refractivity contribution >= 4 is 0 Å². The summed E-state index contributed by atoms with van der Waals surface area (Å²) >= 11 is 0. The molecule has 1 aromatic carbocycles. The summed E-state index contributed by atoms with van der Waals surface area (Å²) in [5.41, 5.74) is 3.07. The van der Waals surface area contributed by atoms with Gasteiger partial charge in [0, 0.05) is 0 Å². The Labute approximate surface area is 149 Å². The van der Waals surface area contributed by atoms with E-state index in [9.17, 15) is 5.26 Å². The molecule has 0 bridgehead atoms. The van der Waals surface area contributed by atoms with Gasteiger partial charge in [-0.2, -0.15) is 5.26 Å². The first-order valence-corrected chi connectivity index (χ1v) is 10.2. The molecule has 1 atom stereocenters. The fourth-order valence-corrected chi connectivity index (χ4v) is 4.38. The third-order valence-corrected chi connectivity index (χ3v) is 5.97. The molecule has 0 heterocycles. The van der Waals surface area contributed by atoms with Gasteiger partial charge in [-0.15, -0.1) is 0 Å². The number of hydrogen-bond acceptors (Lipinski definition) is 1. The summed E-state index contributed by atoms with van der Waals surface area (Å²) in [5.74, 6) is 0.0696. The van der Waals surface area contributed by atoms with Crippen molar-refractivity contribution in [2.45, 2.75) is 96.8 Å². The monoisotopic (exact) mass is 325 g/mol. The van der Waals surface area contributed by atoms with Crippen LogP contribution >= 0.6 is 0 Å². The zero-order valence-corrected chi connectivity index (χ0v) is 15.8. The van der Waals surface area contributed by atoms with Crippen LogP contribution in [0, 0.1) is 16.7 Å². The Morgan fingerprint density at radius 1 is 1.00 bits per heavy atom. The van der Waals surface area contributed by atoms with E-state index in [2.05, 4.69) is 44.2 Å². The second-order valence-electron chi connectivity index (χ2n) is 7.90. The molecule has 2 rings (SSSR count). The molecule has 1 aromatic rings.